The number of para-hydroxylation sites is 2. The molecule has 0 aliphatic rings. The monoisotopic (exact) mass is 384 g/mol. The highest BCUT2D eigenvalue weighted by atomic mass is 16.5. The molecular formula is C21H24N2O5. The van der Waals surface area contributed by atoms with Crippen molar-refractivity contribution in [2.24, 2.45) is 0 Å². The van der Waals surface area contributed by atoms with Crippen molar-refractivity contribution in [1.29, 1.82) is 0 Å². The third kappa shape index (κ3) is 6.75. The zero-order valence-electron chi connectivity index (χ0n) is 16.2. The second-order valence-corrected chi connectivity index (χ2v) is 6.33. The van der Waals surface area contributed by atoms with Crippen LogP contribution in [0.15, 0.2) is 42.5 Å². The largest absolute Gasteiger partial charge is 0.495 e. The smallest absolute Gasteiger partial charge is 0.306 e. The van der Waals surface area contributed by atoms with Crippen LogP contribution in [0.25, 0.3) is 0 Å². The summed E-state index contributed by atoms with van der Waals surface area (Å²) in [6, 6.07) is 12.6. The molecule has 7 nitrogen and oxygen atoms in total. The number of hydrogen-bond donors (Lipinski definition) is 2. The number of nitrogens with one attached hydrogen (secondary N) is 2. The van der Waals surface area contributed by atoms with Gasteiger partial charge in [0.05, 0.1) is 19.2 Å². The van der Waals surface area contributed by atoms with E-state index < -0.39 is 18.5 Å². The number of ether oxygens (including phenoxy) is 2. The van der Waals surface area contributed by atoms with E-state index in [9.17, 15) is 14.4 Å². The van der Waals surface area contributed by atoms with E-state index in [1.54, 1.807) is 24.3 Å². The van der Waals surface area contributed by atoms with Gasteiger partial charge in [0.15, 0.2) is 6.61 Å². The van der Waals surface area contributed by atoms with Gasteiger partial charge in [-0.3, -0.25) is 14.4 Å². The Kier molecular flexibility index (Phi) is 7.56. The second-order valence-electron chi connectivity index (χ2n) is 6.33. The lowest BCUT2D eigenvalue weighted by molar-refractivity contribution is -0.147. The van der Waals surface area contributed by atoms with Crippen molar-refractivity contribution in [1.82, 2.24) is 0 Å². The lowest BCUT2D eigenvalue weighted by Gasteiger charge is -2.10. The molecule has 0 aromatic heterocycles. The molecule has 28 heavy (non-hydrogen) atoms. The van der Waals surface area contributed by atoms with Gasteiger partial charge in [-0.25, -0.2) is 0 Å². The van der Waals surface area contributed by atoms with Crippen molar-refractivity contribution in [3.8, 4) is 5.75 Å². The molecule has 2 N–H and O–H groups in total. The molecule has 0 fully saturated rings. The fourth-order valence-electron chi connectivity index (χ4n) is 2.64. The van der Waals surface area contributed by atoms with Crippen molar-refractivity contribution in [3.05, 3.63) is 53.6 Å². The minimum Gasteiger partial charge on any atom is -0.495 e. The number of carbonyl (C=O) groups is 3. The van der Waals surface area contributed by atoms with E-state index in [2.05, 4.69) is 10.6 Å². The van der Waals surface area contributed by atoms with Gasteiger partial charge in [0.1, 0.15) is 5.75 Å². The molecular weight excluding hydrogens is 360 g/mol. The molecule has 7 heteroatoms. The maximum atomic E-state index is 12.0. The summed E-state index contributed by atoms with van der Waals surface area (Å²) in [6.07, 6.45) is -0.187. The number of amides is 2. The molecule has 0 aliphatic carbocycles. The fourth-order valence-corrected chi connectivity index (χ4v) is 2.64. The minimum absolute atomic E-state index is 0.0599. The summed E-state index contributed by atoms with van der Waals surface area (Å²) in [5.41, 5.74) is 3.22. The first-order valence-corrected chi connectivity index (χ1v) is 8.84. The Balaban J connectivity index is 1.73. The standard InChI is InChI=1S/C21H24N2O5/c1-14-10-15(2)12-16(11-14)22-20(25)13-28-21(26)9-8-19(24)23-17-6-4-5-7-18(17)27-3/h4-7,10-12H,8-9,13H2,1-3H3,(H,22,25)(H,23,24). The highest BCUT2D eigenvalue weighted by molar-refractivity contribution is 5.95. The SMILES string of the molecule is COc1ccccc1NC(=O)CCC(=O)OCC(=O)Nc1cc(C)cc(C)c1. The third-order valence-corrected chi connectivity index (χ3v) is 3.81. The summed E-state index contributed by atoms with van der Waals surface area (Å²) in [6.45, 7) is 3.46. The lowest BCUT2D eigenvalue weighted by Crippen LogP contribution is -2.22. The van der Waals surface area contributed by atoms with E-state index in [0.29, 0.717) is 17.1 Å². The Morgan fingerprint density at radius 2 is 1.57 bits per heavy atom. The van der Waals surface area contributed by atoms with E-state index in [1.807, 2.05) is 32.0 Å². The molecule has 148 valence electrons. The van der Waals surface area contributed by atoms with E-state index in [-0.39, 0.29) is 18.7 Å². The molecule has 0 bridgehead atoms. The van der Waals surface area contributed by atoms with Gasteiger partial charge < -0.3 is 20.1 Å². The van der Waals surface area contributed by atoms with Crippen LogP contribution in [0, 0.1) is 13.8 Å². The van der Waals surface area contributed by atoms with Gasteiger partial charge in [0.2, 0.25) is 5.91 Å². The topological polar surface area (TPSA) is 93.7 Å². The molecule has 0 radical (unpaired) electrons. The number of rotatable bonds is 8. The van der Waals surface area contributed by atoms with E-state index in [4.69, 9.17) is 9.47 Å². The van der Waals surface area contributed by atoms with Gasteiger partial charge in [0.25, 0.3) is 5.91 Å². The molecule has 0 unspecified atom stereocenters. The first-order chi connectivity index (χ1) is 13.4. The minimum atomic E-state index is -0.620. The number of carbonyl (C=O) groups excluding carboxylic acids is 3. The molecule has 0 atom stereocenters. The van der Waals surface area contributed by atoms with Crippen LogP contribution in [0.1, 0.15) is 24.0 Å². The zero-order valence-corrected chi connectivity index (χ0v) is 16.2. The van der Waals surface area contributed by atoms with Crippen LogP contribution in [0.4, 0.5) is 11.4 Å². The van der Waals surface area contributed by atoms with Crippen LogP contribution in [-0.2, 0) is 19.1 Å². The van der Waals surface area contributed by atoms with E-state index in [0.717, 1.165) is 11.1 Å². The summed E-state index contributed by atoms with van der Waals surface area (Å²) in [7, 11) is 1.51. The molecule has 0 spiro atoms. The Bertz CT molecular complexity index is 843. The fraction of sp³-hybridized carbons (Fsp3) is 0.286. The summed E-state index contributed by atoms with van der Waals surface area (Å²) >= 11 is 0. The number of esters is 1. The average Bonchev–Trinajstić information content (AvgIpc) is 2.64. The van der Waals surface area contributed by atoms with Crippen LogP contribution >= 0.6 is 0 Å². The summed E-state index contributed by atoms with van der Waals surface area (Å²) in [5.74, 6) is -0.870. The molecule has 0 saturated carbocycles. The maximum absolute atomic E-state index is 12.0. The quantitative estimate of drug-likeness (QED) is 0.682. The first kappa shape index (κ1) is 21.0. The number of hydrogen-bond acceptors (Lipinski definition) is 5. The van der Waals surface area contributed by atoms with Crippen molar-refractivity contribution in [2.45, 2.75) is 26.7 Å². The highest BCUT2D eigenvalue weighted by Crippen LogP contribution is 2.23. The summed E-state index contributed by atoms with van der Waals surface area (Å²) in [5, 5.41) is 5.35. The van der Waals surface area contributed by atoms with Gasteiger partial charge in [-0.2, -0.15) is 0 Å². The molecule has 0 heterocycles. The van der Waals surface area contributed by atoms with Crippen LogP contribution in [0.3, 0.4) is 0 Å². The lowest BCUT2D eigenvalue weighted by atomic mass is 10.1. The van der Waals surface area contributed by atoms with Gasteiger partial charge in [0, 0.05) is 12.1 Å². The van der Waals surface area contributed by atoms with Crippen LogP contribution in [0.2, 0.25) is 0 Å². The van der Waals surface area contributed by atoms with E-state index >= 15 is 0 Å². The molecule has 2 aromatic carbocycles. The normalized spacial score (nSPS) is 10.1. The Hall–Kier alpha value is -3.35. The molecule has 0 saturated heterocycles. The van der Waals surface area contributed by atoms with Crippen molar-refractivity contribution in [2.75, 3.05) is 24.4 Å². The molecule has 0 aliphatic heterocycles. The Morgan fingerprint density at radius 3 is 2.25 bits per heavy atom. The third-order valence-electron chi connectivity index (χ3n) is 3.81. The average molecular weight is 384 g/mol. The van der Waals surface area contributed by atoms with Gasteiger partial charge >= 0.3 is 5.97 Å². The number of aryl methyl sites for hydroxylation is 2. The second kappa shape index (κ2) is 10.1. The van der Waals surface area contributed by atoms with E-state index in [1.165, 1.54) is 7.11 Å². The zero-order chi connectivity index (χ0) is 20.5. The predicted octanol–water partition coefficient (Wildman–Crippen LogP) is 3.21. The van der Waals surface area contributed by atoms with Crippen molar-refractivity contribution >= 4 is 29.2 Å². The van der Waals surface area contributed by atoms with Gasteiger partial charge in [-0.1, -0.05) is 18.2 Å². The van der Waals surface area contributed by atoms with Crippen molar-refractivity contribution < 1.29 is 23.9 Å². The maximum Gasteiger partial charge on any atom is 0.306 e. The number of methoxy groups -OCH3 is 1. The van der Waals surface area contributed by atoms with Crippen LogP contribution in [0.5, 0.6) is 5.75 Å². The van der Waals surface area contributed by atoms with Crippen molar-refractivity contribution in [3.63, 3.8) is 0 Å². The van der Waals surface area contributed by atoms with Crippen LogP contribution in [-0.4, -0.2) is 31.5 Å². The number of benzene rings is 2. The Labute approximate surface area is 164 Å². The first-order valence-electron chi connectivity index (χ1n) is 8.84. The molecule has 2 aromatic rings. The summed E-state index contributed by atoms with van der Waals surface area (Å²) < 4.78 is 10.1. The Morgan fingerprint density at radius 1 is 0.893 bits per heavy atom. The predicted molar refractivity (Wildman–Crippen MR) is 106 cm³/mol. The highest BCUT2D eigenvalue weighted by Gasteiger charge is 2.12. The molecule has 2 rings (SSSR count). The summed E-state index contributed by atoms with van der Waals surface area (Å²) in [4.78, 5) is 35.7. The van der Waals surface area contributed by atoms with Crippen LogP contribution < -0.4 is 15.4 Å². The molecule has 2 amide bonds. The van der Waals surface area contributed by atoms with Gasteiger partial charge in [-0.15, -0.1) is 0 Å². The van der Waals surface area contributed by atoms with Gasteiger partial charge in [-0.05, 0) is 49.2 Å². The number of anilines is 2.